The molecule has 0 heterocycles. The maximum Gasteiger partial charge on any atom is 0.408 e. The lowest BCUT2D eigenvalue weighted by Gasteiger charge is -2.21. The number of nitriles is 1. The average molecular weight is 390 g/mol. The van der Waals surface area contributed by atoms with E-state index in [0.29, 0.717) is 5.56 Å². The van der Waals surface area contributed by atoms with Gasteiger partial charge in [-0.1, -0.05) is 6.07 Å². The fourth-order valence-electron chi connectivity index (χ4n) is 1.49. The van der Waals surface area contributed by atoms with Crippen LogP contribution in [-0.2, 0) is 11.2 Å². The van der Waals surface area contributed by atoms with Gasteiger partial charge in [-0.25, -0.2) is 9.18 Å². The summed E-state index contributed by atoms with van der Waals surface area (Å²) in [5.41, 5.74) is -0.258. The van der Waals surface area contributed by atoms with Crippen LogP contribution >= 0.6 is 22.6 Å². The summed E-state index contributed by atoms with van der Waals surface area (Å²) in [5, 5.41) is 11.5. The van der Waals surface area contributed by atoms with E-state index < -0.39 is 17.7 Å². The average Bonchev–Trinajstić information content (AvgIpc) is 2.29. The molecule has 0 bridgehead atoms. The smallest absolute Gasteiger partial charge is 0.408 e. The Kier molecular flexibility index (Phi) is 5.74. The molecule has 20 heavy (non-hydrogen) atoms. The second-order valence-electron chi connectivity index (χ2n) is 5.27. The summed E-state index contributed by atoms with van der Waals surface area (Å²) < 4.78 is 19.5. The van der Waals surface area contributed by atoms with Gasteiger partial charge in [0.15, 0.2) is 0 Å². The number of carbonyl (C=O) groups excluding carboxylic acids is 1. The third kappa shape index (κ3) is 5.74. The minimum Gasteiger partial charge on any atom is -0.444 e. The van der Waals surface area contributed by atoms with Crippen molar-refractivity contribution < 1.29 is 13.9 Å². The minimum absolute atomic E-state index is 0.0957. The highest BCUT2D eigenvalue weighted by atomic mass is 127. The summed E-state index contributed by atoms with van der Waals surface area (Å²) in [5.74, 6) is -0.386. The number of rotatable bonds is 3. The number of carbonyl (C=O) groups is 1. The van der Waals surface area contributed by atoms with Crippen LogP contribution in [0.2, 0.25) is 0 Å². The van der Waals surface area contributed by atoms with Crippen molar-refractivity contribution in [3.63, 3.8) is 0 Å². The molecule has 0 aromatic heterocycles. The maximum absolute atomic E-state index is 13.7. The molecule has 0 saturated carbocycles. The van der Waals surface area contributed by atoms with E-state index in [-0.39, 0.29) is 12.2 Å². The van der Waals surface area contributed by atoms with Crippen molar-refractivity contribution in [1.29, 1.82) is 5.26 Å². The Morgan fingerprint density at radius 3 is 2.70 bits per heavy atom. The number of hydrogen-bond donors (Lipinski definition) is 1. The number of alkyl carbamates (subject to hydrolysis) is 1. The first-order valence-electron chi connectivity index (χ1n) is 6.04. The molecule has 1 aromatic rings. The Balaban J connectivity index is 2.69. The van der Waals surface area contributed by atoms with Gasteiger partial charge in [-0.2, -0.15) is 5.26 Å². The van der Waals surface area contributed by atoms with Crippen LogP contribution in [0.4, 0.5) is 9.18 Å². The normalized spacial score (nSPS) is 12.4. The van der Waals surface area contributed by atoms with Crippen LogP contribution in [-0.4, -0.2) is 17.7 Å². The highest BCUT2D eigenvalue weighted by molar-refractivity contribution is 14.1. The molecule has 0 radical (unpaired) electrons. The molecule has 0 spiro atoms. The van der Waals surface area contributed by atoms with Gasteiger partial charge in [0.2, 0.25) is 0 Å². The fraction of sp³-hybridized carbons (Fsp3) is 0.429. The van der Waals surface area contributed by atoms with Crippen molar-refractivity contribution in [2.45, 2.75) is 38.8 Å². The van der Waals surface area contributed by atoms with E-state index in [4.69, 9.17) is 10.00 Å². The summed E-state index contributed by atoms with van der Waals surface area (Å²) in [4.78, 5) is 11.6. The SMILES string of the molecule is CC(C)(C)OC(=O)N[C@H](C#N)Cc1ccc(I)cc1F. The van der Waals surface area contributed by atoms with Crippen LogP contribution in [0.5, 0.6) is 0 Å². The predicted molar refractivity (Wildman–Crippen MR) is 81.6 cm³/mol. The number of nitrogens with zero attached hydrogens (tertiary/aromatic N) is 1. The Morgan fingerprint density at radius 1 is 1.55 bits per heavy atom. The number of benzene rings is 1. The van der Waals surface area contributed by atoms with Gasteiger partial charge >= 0.3 is 6.09 Å². The highest BCUT2D eigenvalue weighted by Crippen LogP contribution is 2.14. The van der Waals surface area contributed by atoms with Crippen molar-refractivity contribution in [1.82, 2.24) is 5.32 Å². The van der Waals surface area contributed by atoms with E-state index in [1.165, 1.54) is 6.07 Å². The van der Waals surface area contributed by atoms with Crippen molar-refractivity contribution in [2.24, 2.45) is 0 Å². The van der Waals surface area contributed by atoms with Crippen LogP contribution in [0.1, 0.15) is 26.3 Å². The van der Waals surface area contributed by atoms with Crippen molar-refractivity contribution >= 4 is 28.7 Å². The molecule has 0 fully saturated rings. The monoisotopic (exact) mass is 390 g/mol. The molecule has 108 valence electrons. The fourth-order valence-corrected chi connectivity index (χ4v) is 1.94. The van der Waals surface area contributed by atoms with Crippen LogP contribution < -0.4 is 5.32 Å². The second-order valence-corrected chi connectivity index (χ2v) is 6.51. The van der Waals surface area contributed by atoms with Gasteiger partial charge in [0, 0.05) is 9.99 Å². The molecule has 1 amide bonds. The van der Waals surface area contributed by atoms with Gasteiger partial charge in [-0.05, 0) is 61.1 Å². The topological polar surface area (TPSA) is 62.1 Å². The highest BCUT2D eigenvalue weighted by Gasteiger charge is 2.20. The zero-order valence-corrected chi connectivity index (χ0v) is 13.7. The van der Waals surface area contributed by atoms with Crippen LogP contribution in [0, 0.1) is 20.7 Å². The molecule has 0 aliphatic heterocycles. The molecule has 1 aromatic carbocycles. The molecule has 1 atom stereocenters. The van der Waals surface area contributed by atoms with Gasteiger partial charge in [0.25, 0.3) is 0 Å². The summed E-state index contributed by atoms with van der Waals surface area (Å²) >= 11 is 2.00. The Morgan fingerprint density at radius 2 is 2.20 bits per heavy atom. The molecule has 4 nitrogen and oxygen atoms in total. The summed E-state index contributed by atoms with van der Waals surface area (Å²) in [7, 11) is 0. The van der Waals surface area contributed by atoms with E-state index >= 15 is 0 Å². The summed E-state index contributed by atoms with van der Waals surface area (Å²) in [6.07, 6.45) is -0.589. The predicted octanol–water partition coefficient (Wildman–Crippen LogP) is 3.39. The zero-order chi connectivity index (χ0) is 15.3. The van der Waals surface area contributed by atoms with E-state index in [0.717, 1.165) is 3.57 Å². The molecular weight excluding hydrogens is 374 g/mol. The third-order valence-electron chi connectivity index (χ3n) is 2.29. The van der Waals surface area contributed by atoms with E-state index in [2.05, 4.69) is 5.32 Å². The maximum atomic E-state index is 13.7. The summed E-state index contributed by atoms with van der Waals surface area (Å²) in [6, 6.07) is 5.84. The molecule has 1 rings (SSSR count). The van der Waals surface area contributed by atoms with Crippen LogP contribution in [0.3, 0.4) is 0 Å². The summed E-state index contributed by atoms with van der Waals surface area (Å²) in [6.45, 7) is 5.19. The standard InChI is InChI=1S/C14H16FIN2O2/c1-14(2,3)20-13(19)18-11(8-17)6-9-4-5-10(16)7-12(9)15/h4-5,7,11H,6H2,1-3H3,(H,18,19)/t11-/m0/s1. The lowest BCUT2D eigenvalue weighted by Crippen LogP contribution is -2.39. The molecular formula is C14H16FIN2O2. The zero-order valence-electron chi connectivity index (χ0n) is 11.5. The van der Waals surface area contributed by atoms with Gasteiger partial charge in [-0.15, -0.1) is 0 Å². The number of halogens is 2. The van der Waals surface area contributed by atoms with Gasteiger partial charge < -0.3 is 10.1 Å². The van der Waals surface area contributed by atoms with Crippen LogP contribution in [0.15, 0.2) is 18.2 Å². The van der Waals surface area contributed by atoms with Crippen molar-refractivity contribution in [2.75, 3.05) is 0 Å². The first-order chi connectivity index (χ1) is 9.21. The largest absolute Gasteiger partial charge is 0.444 e. The van der Waals surface area contributed by atoms with E-state index in [1.54, 1.807) is 32.9 Å². The number of amides is 1. The third-order valence-corrected chi connectivity index (χ3v) is 2.96. The molecule has 1 N–H and O–H groups in total. The quantitative estimate of drug-likeness (QED) is 0.805. The number of hydrogen-bond acceptors (Lipinski definition) is 3. The first-order valence-corrected chi connectivity index (χ1v) is 7.12. The van der Waals surface area contributed by atoms with Crippen LogP contribution in [0.25, 0.3) is 0 Å². The van der Waals surface area contributed by atoms with E-state index in [9.17, 15) is 9.18 Å². The van der Waals surface area contributed by atoms with Gasteiger partial charge in [-0.3, -0.25) is 0 Å². The molecule has 0 aliphatic rings. The van der Waals surface area contributed by atoms with Gasteiger partial charge in [0.05, 0.1) is 6.07 Å². The lowest BCUT2D eigenvalue weighted by atomic mass is 10.1. The van der Waals surface area contributed by atoms with Crippen molar-refractivity contribution in [3.05, 3.63) is 33.1 Å². The molecule has 0 unspecified atom stereocenters. The lowest BCUT2D eigenvalue weighted by molar-refractivity contribution is 0.0515. The van der Waals surface area contributed by atoms with Crippen molar-refractivity contribution in [3.8, 4) is 6.07 Å². The van der Waals surface area contributed by atoms with Gasteiger partial charge in [0.1, 0.15) is 17.5 Å². The number of nitrogens with one attached hydrogen (secondary N) is 1. The minimum atomic E-state index is -0.834. The van der Waals surface area contributed by atoms with E-state index in [1.807, 2.05) is 28.7 Å². The second kappa shape index (κ2) is 6.88. The first kappa shape index (κ1) is 16.7. The molecule has 0 saturated heterocycles. The molecule has 6 heteroatoms. The Bertz CT molecular complexity index is 535. The number of ether oxygens (including phenoxy) is 1. The molecule has 0 aliphatic carbocycles. The Hall–Kier alpha value is -1.36. The Labute approximate surface area is 131 Å².